The molecule has 2 N–H and O–H groups in total. The molecule has 136 valence electrons. The van der Waals surface area contributed by atoms with Crippen molar-refractivity contribution in [2.24, 2.45) is 11.8 Å². The van der Waals surface area contributed by atoms with Crippen molar-refractivity contribution < 1.29 is 14.3 Å². The molecule has 0 aromatic heterocycles. The Labute approximate surface area is 153 Å². The number of carbonyl (C=O) groups excluding carboxylic acids is 2. The van der Waals surface area contributed by atoms with Gasteiger partial charge in [-0.3, -0.25) is 9.59 Å². The van der Waals surface area contributed by atoms with Gasteiger partial charge < -0.3 is 15.4 Å². The Morgan fingerprint density at radius 2 is 1.35 bits per heavy atom. The fraction of sp³-hybridized carbons (Fsp3) is 0.333. The molecule has 0 radical (unpaired) electrons. The van der Waals surface area contributed by atoms with Crippen molar-refractivity contribution in [1.82, 2.24) is 10.6 Å². The summed E-state index contributed by atoms with van der Waals surface area (Å²) in [7, 11) is 1.62. The van der Waals surface area contributed by atoms with Gasteiger partial charge >= 0.3 is 0 Å². The van der Waals surface area contributed by atoms with E-state index >= 15 is 0 Å². The molecule has 0 saturated heterocycles. The highest BCUT2D eigenvalue weighted by molar-refractivity contribution is 5.92. The minimum Gasteiger partial charge on any atom is -0.497 e. The van der Waals surface area contributed by atoms with Gasteiger partial charge in [-0.25, -0.2) is 0 Å². The molecule has 1 saturated carbocycles. The lowest BCUT2D eigenvalue weighted by atomic mass is 10.1. The van der Waals surface area contributed by atoms with Crippen LogP contribution in [0.1, 0.15) is 23.1 Å². The van der Waals surface area contributed by atoms with Gasteiger partial charge in [0.1, 0.15) is 5.75 Å². The topological polar surface area (TPSA) is 67.4 Å². The predicted molar refractivity (Wildman–Crippen MR) is 99.5 cm³/mol. The van der Waals surface area contributed by atoms with Crippen LogP contribution in [0.25, 0.3) is 0 Å². The van der Waals surface area contributed by atoms with Crippen LogP contribution in [-0.4, -0.2) is 18.9 Å². The van der Waals surface area contributed by atoms with Gasteiger partial charge in [-0.15, -0.1) is 0 Å². The van der Waals surface area contributed by atoms with Crippen molar-refractivity contribution >= 4 is 11.8 Å². The van der Waals surface area contributed by atoms with Crippen molar-refractivity contribution in [2.45, 2.75) is 26.4 Å². The maximum absolute atomic E-state index is 12.2. The minimum absolute atomic E-state index is 0.0461. The summed E-state index contributed by atoms with van der Waals surface area (Å²) in [6.45, 7) is 2.98. The Kier molecular flexibility index (Phi) is 5.56. The first kappa shape index (κ1) is 18.0. The molecule has 2 aromatic carbocycles. The second kappa shape index (κ2) is 8.04. The molecule has 0 bridgehead atoms. The van der Waals surface area contributed by atoms with Crippen molar-refractivity contribution in [2.75, 3.05) is 7.11 Å². The number of hydrogen-bond donors (Lipinski definition) is 2. The van der Waals surface area contributed by atoms with Crippen LogP contribution in [0.4, 0.5) is 0 Å². The van der Waals surface area contributed by atoms with Crippen LogP contribution >= 0.6 is 0 Å². The molecule has 1 aliphatic carbocycles. The van der Waals surface area contributed by atoms with Crippen molar-refractivity contribution in [3.8, 4) is 5.75 Å². The van der Waals surface area contributed by atoms with E-state index in [1.165, 1.54) is 5.56 Å². The van der Waals surface area contributed by atoms with Crippen LogP contribution in [0.5, 0.6) is 5.75 Å². The Bertz CT molecular complexity index is 769. The van der Waals surface area contributed by atoms with Crippen molar-refractivity contribution in [3.63, 3.8) is 0 Å². The van der Waals surface area contributed by atoms with E-state index in [2.05, 4.69) is 10.6 Å². The summed E-state index contributed by atoms with van der Waals surface area (Å²) in [6, 6.07) is 15.6. The maximum Gasteiger partial charge on any atom is 0.224 e. The molecule has 2 aromatic rings. The van der Waals surface area contributed by atoms with E-state index in [0.717, 1.165) is 16.9 Å². The SMILES string of the molecule is COc1ccc(CNC(=O)C2CC2C(=O)NCc2ccc(C)cc2)cc1. The van der Waals surface area contributed by atoms with E-state index in [1.807, 2.05) is 55.5 Å². The monoisotopic (exact) mass is 352 g/mol. The molecular weight excluding hydrogens is 328 g/mol. The molecule has 5 nitrogen and oxygen atoms in total. The Balaban J connectivity index is 1.41. The zero-order chi connectivity index (χ0) is 18.5. The van der Waals surface area contributed by atoms with Gasteiger partial charge in [-0.1, -0.05) is 42.0 Å². The van der Waals surface area contributed by atoms with Crippen LogP contribution in [0.3, 0.4) is 0 Å². The van der Waals surface area contributed by atoms with Gasteiger partial charge in [0.15, 0.2) is 0 Å². The van der Waals surface area contributed by atoms with Crippen LogP contribution in [0.2, 0.25) is 0 Å². The standard InChI is InChI=1S/C21H24N2O3/c1-14-3-5-15(6-4-14)12-22-20(24)18-11-19(18)21(25)23-13-16-7-9-17(26-2)10-8-16/h3-10,18-19H,11-13H2,1-2H3,(H,22,24)(H,23,25). The minimum atomic E-state index is -0.216. The molecule has 26 heavy (non-hydrogen) atoms. The van der Waals surface area contributed by atoms with Crippen LogP contribution in [-0.2, 0) is 22.7 Å². The van der Waals surface area contributed by atoms with E-state index in [1.54, 1.807) is 7.11 Å². The first-order chi connectivity index (χ1) is 12.6. The second-order valence-electron chi connectivity index (χ2n) is 6.72. The van der Waals surface area contributed by atoms with E-state index < -0.39 is 0 Å². The summed E-state index contributed by atoms with van der Waals surface area (Å²) in [5.74, 6) is 0.252. The van der Waals surface area contributed by atoms with Gasteiger partial charge in [0.05, 0.1) is 18.9 Å². The number of carbonyl (C=O) groups is 2. The van der Waals surface area contributed by atoms with Crippen molar-refractivity contribution in [1.29, 1.82) is 0 Å². The lowest BCUT2D eigenvalue weighted by molar-refractivity contribution is -0.127. The number of ether oxygens (including phenoxy) is 1. The van der Waals surface area contributed by atoms with Crippen LogP contribution in [0, 0.1) is 18.8 Å². The van der Waals surface area contributed by atoms with Gasteiger partial charge in [-0.05, 0) is 36.6 Å². The van der Waals surface area contributed by atoms with E-state index in [-0.39, 0.29) is 23.7 Å². The van der Waals surface area contributed by atoms with Crippen LogP contribution < -0.4 is 15.4 Å². The summed E-state index contributed by atoms with van der Waals surface area (Å²) in [5.41, 5.74) is 3.25. The fourth-order valence-corrected chi connectivity index (χ4v) is 2.86. The highest BCUT2D eigenvalue weighted by atomic mass is 16.5. The Hall–Kier alpha value is -2.82. The second-order valence-corrected chi connectivity index (χ2v) is 6.72. The molecule has 2 atom stereocenters. The van der Waals surface area contributed by atoms with Gasteiger partial charge in [0.2, 0.25) is 11.8 Å². The third kappa shape index (κ3) is 4.63. The Morgan fingerprint density at radius 3 is 1.81 bits per heavy atom. The molecule has 1 aliphatic rings. The molecule has 5 heteroatoms. The van der Waals surface area contributed by atoms with Gasteiger partial charge in [0.25, 0.3) is 0 Å². The molecule has 0 heterocycles. The molecule has 0 spiro atoms. The van der Waals surface area contributed by atoms with Crippen LogP contribution in [0.15, 0.2) is 48.5 Å². The van der Waals surface area contributed by atoms with E-state index in [0.29, 0.717) is 19.5 Å². The number of aryl methyl sites for hydroxylation is 1. The third-order valence-corrected chi connectivity index (χ3v) is 4.68. The molecule has 1 fully saturated rings. The summed E-state index contributed by atoms with van der Waals surface area (Å²) < 4.78 is 5.11. The number of benzene rings is 2. The highest BCUT2D eigenvalue weighted by Gasteiger charge is 2.47. The fourth-order valence-electron chi connectivity index (χ4n) is 2.86. The van der Waals surface area contributed by atoms with Crippen molar-refractivity contribution in [3.05, 3.63) is 65.2 Å². The third-order valence-electron chi connectivity index (χ3n) is 4.68. The maximum atomic E-state index is 12.2. The summed E-state index contributed by atoms with van der Waals surface area (Å²) in [6.07, 6.45) is 0.619. The molecule has 3 rings (SSSR count). The summed E-state index contributed by atoms with van der Waals surface area (Å²) in [4.78, 5) is 24.4. The highest BCUT2D eigenvalue weighted by Crippen LogP contribution is 2.38. The molecular formula is C21H24N2O3. The molecule has 0 aliphatic heterocycles. The Morgan fingerprint density at radius 1 is 0.885 bits per heavy atom. The number of methoxy groups -OCH3 is 1. The van der Waals surface area contributed by atoms with E-state index in [9.17, 15) is 9.59 Å². The summed E-state index contributed by atoms with van der Waals surface area (Å²) in [5, 5.41) is 5.82. The number of rotatable bonds is 7. The predicted octanol–water partition coefficient (Wildman–Crippen LogP) is 2.57. The number of nitrogens with one attached hydrogen (secondary N) is 2. The lowest BCUT2D eigenvalue weighted by Gasteiger charge is -2.07. The quantitative estimate of drug-likeness (QED) is 0.805. The average molecular weight is 352 g/mol. The zero-order valence-corrected chi connectivity index (χ0v) is 15.1. The first-order valence-electron chi connectivity index (χ1n) is 8.80. The first-order valence-corrected chi connectivity index (χ1v) is 8.80. The average Bonchev–Trinajstić information content (AvgIpc) is 3.47. The number of hydrogen-bond acceptors (Lipinski definition) is 3. The largest absolute Gasteiger partial charge is 0.497 e. The van der Waals surface area contributed by atoms with Gasteiger partial charge in [-0.2, -0.15) is 0 Å². The normalized spacial score (nSPS) is 18.1. The smallest absolute Gasteiger partial charge is 0.224 e. The van der Waals surface area contributed by atoms with Gasteiger partial charge in [0, 0.05) is 13.1 Å². The molecule has 2 amide bonds. The molecule has 2 unspecified atom stereocenters. The zero-order valence-electron chi connectivity index (χ0n) is 15.1. The summed E-state index contributed by atoms with van der Waals surface area (Å²) >= 11 is 0. The van der Waals surface area contributed by atoms with E-state index in [4.69, 9.17) is 4.74 Å². The number of amides is 2. The lowest BCUT2D eigenvalue weighted by Crippen LogP contribution is -2.29.